The Bertz CT molecular complexity index is 390. The molecule has 0 saturated carbocycles. The number of carbonyl (C=O) groups is 1. The van der Waals surface area contributed by atoms with E-state index in [2.05, 4.69) is 17.2 Å². The minimum Gasteiger partial charge on any atom is -0.396 e. The first-order valence-electron chi connectivity index (χ1n) is 6.90. The highest BCUT2D eigenvalue weighted by Gasteiger charge is 2.10. The van der Waals surface area contributed by atoms with Crippen LogP contribution in [0.2, 0.25) is 5.02 Å². The molecule has 0 aliphatic carbocycles. The lowest BCUT2D eigenvalue weighted by molar-refractivity contribution is -0.117. The van der Waals surface area contributed by atoms with E-state index in [0.29, 0.717) is 23.8 Å². The first-order valence-corrected chi connectivity index (χ1v) is 7.28. The zero-order chi connectivity index (χ0) is 14.8. The van der Waals surface area contributed by atoms with Crippen LogP contribution in [-0.4, -0.2) is 47.1 Å². The molecule has 0 fully saturated rings. The Morgan fingerprint density at radius 3 is 2.75 bits per heavy atom. The summed E-state index contributed by atoms with van der Waals surface area (Å²) in [6.07, 6.45) is 4.29. The van der Waals surface area contributed by atoms with Crippen molar-refractivity contribution >= 4 is 23.3 Å². The minimum absolute atomic E-state index is 0.103. The summed E-state index contributed by atoms with van der Waals surface area (Å²) >= 11 is 5.74. The Morgan fingerprint density at radius 2 is 2.15 bits per heavy atom. The van der Waals surface area contributed by atoms with Gasteiger partial charge in [-0.1, -0.05) is 24.9 Å². The summed E-state index contributed by atoms with van der Waals surface area (Å²) in [5.41, 5.74) is 0. The van der Waals surface area contributed by atoms with E-state index in [-0.39, 0.29) is 12.5 Å². The van der Waals surface area contributed by atoms with Crippen LogP contribution < -0.4 is 5.32 Å². The first-order chi connectivity index (χ1) is 9.65. The van der Waals surface area contributed by atoms with Crippen molar-refractivity contribution in [3.63, 3.8) is 0 Å². The molecule has 0 radical (unpaired) electrons. The highest BCUT2D eigenvalue weighted by Crippen LogP contribution is 2.09. The molecular formula is C14H22ClN3O2. The molecule has 2 N–H and O–H groups in total. The second-order valence-electron chi connectivity index (χ2n) is 4.62. The van der Waals surface area contributed by atoms with E-state index in [1.807, 2.05) is 4.90 Å². The number of carbonyl (C=O) groups excluding carboxylic acids is 1. The molecule has 0 bridgehead atoms. The number of anilines is 1. The third-order valence-electron chi connectivity index (χ3n) is 2.82. The Morgan fingerprint density at radius 1 is 1.40 bits per heavy atom. The van der Waals surface area contributed by atoms with Gasteiger partial charge in [-0.15, -0.1) is 0 Å². The maximum atomic E-state index is 11.9. The van der Waals surface area contributed by atoms with Gasteiger partial charge in [0.05, 0.1) is 11.6 Å². The number of nitrogens with zero attached hydrogens (tertiary/aromatic N) is 2. The van der Waals surface area contributed by atoms with Crippen LogP contribution in [0.4, 0.5) is 5.82 Å². The Labute approximate surface area is 125 Å². The molecule has 0 aliphatic heterocycles. The van der Waals surface area contributed by atoms with Crippen molar-refractivity contribution in [3.8, 4) is 0 Å². The number of aliphatic hydroxyl groups is 1. The number of unbranched alkanes of at least 4 members (excludes halogenated alkanes) is 1. The van der Waals surface area contributed by atoms with Crippen LogP contribution in [0.1, 0.15) is 26.2 Å². The molecule has 0 saturated heterocycles. The van der Waals surface area contributed by atoms with Crippen LogP contribution in [0.3, 0.4) is 0 Å². The van der Waals surface area contributed by atoms with Gasteiger partial charge in [0.2, 0.25) is 5.91 Å². The SMILES string of the molecule is CCCCN(CCCO)CC(=O)Nc1ccc(Cl)cn1. The Balaban J connectivity index is 2.45. The lowest BCUT2D eigenvalue weighted by Gasteiger charge is -2.20. The number of rotatable bonds is 9. The number of aliphatic hydroxyl groups excluding tert-OH is 1. The van der Waals surface area contributed by atoms with Crippen LogP contribution in [0.25, 0.3) is 0 Å². The maximum absolute atomic E-state index is 11.9. The molecule has 0 aromatic carbocycles. The minimum atomic E-state index is -0.103. The summed E-state index contributed by atoms with van der Waals surface area (Å²) in [4.78, 5) is 18.0. The fourth-order valence-corrected chi connectivity index (χ4v) is 1.89. The second kappa shape index (κ2) is 9.69. The van der Waals surface area contributed by atoms with Gasteiger partial charge in [-0.3, -0.25) is 9.69 Å². The number of halogens is 1. The van der Waals surface area contributed by atoms with Crippen molar-refractivity contribution in [3.05, 3.63) is 23.4 Å². The van der Waals surface area contributed by atoms with Gasteiger partial charge in [-0.2, -0.15) is 0 Å². The van der Waals surface area contributed by atoms with Crippen LogP contribution >= 0.6 is 11.6 Å². The fourth-order valence-electron chi connectivity index (χ4n) is 1.78. The number of hydrogen-bond acceptors (Lipinski definition) is 4. The predicted molar refractivity (Wildman–Crippen MR) is 80.9 cm³/mol. The van der Waals surface area contributed by atoms with Gasteiger partial charge in [0.1, 0.15) is 5.82 Å². The van der Waals surface area contributed by atoms with Crippen molar-refractivity contribution in [2.24, 2.45) is 0 Å². The van der Waals surface area contributed by atoms with E-state index in [9.17, 15) is 4.79 Å². The molecular weight excluding hydrogens is 278 g/mol. The number of amides is 1. The van der Waals surface area contributed by atoms with Crippen molar-refractivity contribution in [2.45, 2.75) is 26.2 Å². The molecule has 20 heavy (non-hydrogen) atoms. The highest BCUT2D eigenvalue weighted by atomic mass is 35.5. The molecule has 0 atom stereocenters. The van der Waals surface area contributed by atoms with E-state index >= 15 is 0 Å². The van der Waals surface area contributed by atoms with Gasteiger partial charge in [0.25, 0.3) is 0 Å². The molecule has 1 amide bonds. The fraction of sp³-hybridized carbons (Fsp3) is 0.571. The number of pyridine rings is 1. The maximum Gasteiger partial charge on any atom is 0.239 e. The largest absolute Gasteiger partial charge is 0.396 e. The van der Waals surface area contributed by atoms with E-state index in [1.165, 1.54) is 6.20 Å². The summed E-state index contributed by atoms with van der Waals surface area (Å²) < 4.78 is 0. The average Bonchev–Trinajstić information content (AvgIpc) is 2.44. The van der Waals surface area contributed by atoms with E-state index < -0.39 is 0 Å². The normalized spacial score (nSPS) is 10.8. The summed E-state index contributed by atoms with van der Waals surface area (Å²) in [7, 11) is 0. The molecule has 1 aromatic rings. The lowest BCUT2D eigenvalue weighted by atomic mass is 10.3. The van der Waals surface area contributed by atoms with Gasteiger partial charge in [0, 0.05) is 19.3 Å². The third kappa shape index (κ3) is 6.84. The predicted octanol–water partition coefficient (Wildman–Crippen LogP) is 2.16. The van der Waals surface area contributed by atoms with Crippen molar-refractivity contribution in [1.82, 2.24) is 9.88 Å². The first kappa shape index (κ1) is 16.9. The molecule has 0 aliphatic rings. The lowest BCUT2D eigenvalue weighted by Crippen LogP contribution is -2.35. The average molecular weight is 300 g/mol. The van der Waals surface area contributed by atoms with Gasteiger partial charge < -0.3 is 10.4 Å². The molecule has 1 aromatic heterocycles. The van der Waals surface area contributed by atoms with Crippen LogP contribution in [0.15, 0.2) is 18.3 Å². The Hall–Kier alpha value is -1.17. The van der Waals surface area contributed by atoms with Crippen LogP contribution in [0, 0.1) is 0 Å². The molecule has 0 unspecified atom stereocenters. The zero-order valence-corrected chi connectivity index (χ0v) is 12.6. The smallest absolute Gasteiger partial charge is 0.239 e. The van der Waals surface area contributed by atoms with Crippen molar-refractivity contribution in [1.29, 1.82) is 0 Å². The molecule has 0 spiro atoms. The topological polar surface area (TPSA) is 65.5 Å². The summed E-state index contributed by atoms with van der Waals surface area (Å²) in [6, 6.07) is 3.36. The van der Waals surface area contributed by atoms with Gasteiger partial charge in [-0.05, 0) is 31.5 Å². The van der Waals surface area contributed by atoms with Crippen molar-refractivity contribution in [2.75, 3.05) is 31.6 Å². The molecule has 1 rings (SSSR count). The van der Waals surface area contributed by atoms with Gasteiger partial charge >= 0.3 is 0 Å². The van der Waals surface area contributed by atoms with E-state index in [0.717, 1.165) is 25.9 Å². The third-order valence-corrected chi connectivity index (χ3v) is 3.05. The van der Waals surface area contributed by atoms with Crippen LogP contribution in [-0.2, 0) is 4.79 Å². The molecule has 6 heteroatoms. The summed E-state index contributed by atoms with van der Waals surface area (Å²) in [6.45, 7) is 4.14. The summed E-state index contributed by atoms with van der Waals surface area (Å²) in [5, 5.41) is 12.2. The van der Waals surface area contributed by atoms with E-state index in [4.69, 9.17) is 16.7 Å². The molecule has 5 nitrogen and oxygen atoms in total. The summed E-state index contributed by atoms with van der Waals surface area (Å²) in [5.74, 6) is 0.394. The Kier molecular flexibility index (Phi) is 8.18. The molecule has 1 heterocycles. The quantitative estimate of drug-likeness (QED) is 0.733. The highest BCUT2D eigenvalue weighted by molar-refractivity contribution is 6.30. The van der Waals surface area contributed by atoms with Gasteiger partial charge in [0.15, 0.2) is 0 Å². The van der Waals surface area contributed by atoms with Crippen LogP contribution in [0.5, 0.6) is 0 Å². The standard InChI is InChI=1S/C14H22ClN3O2/c1-2-3-7-18(8-4-9-19)11-14(20)17-13-6-5-12(15)10-16-13/h5-6,10,19H,2-4,7-9,11H2,1H3,(H,16,17,20). The zero-order valence-electron chi connectivity index (χ0n) is 11.8. The number of aromatic nitrogens is 1. The monoisotopic (exact) mass is 299 g/mol. The second-order valence-corrected chi connectivity index (χ2v) is 5.05. The van der Waals surface area contributed by atoms with E-state index in [1.54, 1.807) is 12.1 Å². The number of hydrogen-bond donors (Lipinski definition) is 2. The van der Waals surface area contributed by atoms with Gasteiger partial charge in [-0.25, -0.2) is 4.98 Å². The van der Waals surface area contributed by atoms with Crippen molar-refractivity contribution < 1.29 is 9.90 Å². The number of nitrogens with one attached hydrogen (secondary N) is 1. The molecule has 112 valence electrons.